The van der Waals surface area contributed by atoms with Gasteiger partial charge in [-0.05, 0) is 55.0 Å². The first-order valence-corrected chi connectivity index (χ1v) is 8.57. The van der Waals surface area contributed by atoms with Gasteiger partial charge in [0.25, 0.3) is 5.91 Å². The van der Waals surface area contributed by atoms with E-state index in [1.165, 1.54) is 12.1 Å². The Hall–Kier alpha value is -2.64. The molecule has 0 fully saturated rings. The van der Waals surface area contributed by atoms with Crippen molar-refractivity contribution in [1.82, 2.24) is 5.32 Å². The molecule has 0 bridgehead atoms. The largest absolute Gasteiger partial charge is 0.494 e. The highest BCUT2D eigenvalue weighted by Gasteiger charge is 2.12. The number of carbonyl (C=O) groups is 2. The number of hydrogen-bond donors (Lipinski definition) is 3. The Balaban J connectivity index is 2.02. The molecule has 0 atom stereocenters. The number of hydrogen-bond acceptors (Lipinski definition) is 4. The fraction of sp³-hybridized carbons (Fsp3) is 0.167. The van der Waals surface area contributed by atoms with Gasteiger partial charge in [0.05, 0.1) is 17.2 Å². The molecule has 0 saturated heterocycles. The van der Waals surface area contributed by atoms with E-state index >= 15 is 0 Å². The van der Waals surface area contributed by atoms with E-state index in [2.05, 4.69) is 10.6 Å². The van der Waals surface area contributed by atoms with Gasteiger partial charge in [0.15, 0.2) is 5.11 Å². The molecule has 2 rings (SSSR count). The van der Waals surface area contributed by atoms with Crippen molar-refractivity contribution in [3.63, 3.8) is 0 Å². The van der Waals surface area contributed by atoms with Crippen molar-refractivity contribution in [2.24, 2.45) is 0 Å². The lowest BCUT2D eigenvalue weighted by Crippen LogP contribution is -2.34. The van der Waals surface area contributed by atoms with Gasteiger partial charge < -0.3 is 15.2 Å². The number of amides is 1. The number of nitrogens with one attached hydrogen (secondary N) is 2. The molecule has 2 aromatic rings. The molecule has 8 heteroatoms. The molecule has 0 unspecified atom stereocenters. The monoisotopic (exact) mass is 392 g/mol. The van der Waals surface area contributed by atoms with Gasteiger partial charge in [-0.1, -0.05) is 24.6 Å². The van der Waals surface area contributed by atoms with E-state index in [1.54, 1.807) is 30.3 Å². The predicted molar refractivity (Wildman–Crippen MR) is 104 cm³/mol. The summed E-state index contributed by atoms with van der Waals surface area (Å²) >= 11 is 10.9. The molecule has 0 aliphatic carbocycles. The fourth-order valence-corrected chi connectivity index (χ4v) is 2.46. The maximum Gasteiger partial charge on any atom is 0.337 e. The Labute approximate surface area is 161 Å². The quantitative estimate of drug-likeness (QED) is 0.645. The van der Waals surface area contributed by atoms with Crippen molar-refractivity contribution in [2.75, 3.05) is 11.9 Å². The topological polar surface area (TPSA) is 87.7 Å². The molecule has 136 valence electrons. The molecule has 0 saturated carbocycles. The molecule has 0 aliphatic heterocycles. The molecule has 3 N–H and O–H groups in total. The molecule has 1 amide bonds. The lowest BCUT2D eigenvalue weighted by atomic mass is 10.2. The SMILES string of the molecule is CCCOc1cccc(C(=O)NC(=S)Nc2ccc(Cl)c(C(=O)O)c2)c1. The Morgan fingerprint density at radius 1 is 1.23 bits per heavy atom. The van der Waals surface area contributed by atoms with E-state index < -0.39 is 11.9 Å². The van der Waals surface area contributed by atoms with Crippen LogP contribution >= 0.6 is 23.8 Å². The van der Waals surface area contributed by atoms with E-state index in [-0.39, 0.29) is 15.7 Å². The third kappa shape index (κ3) is 5.44. The van der Waals surface area contributed by atoms with Crippen LogP contribution in [0.4, 0.5) is 5.69 Å². The van der Waals surface area contributed by atoms with Gasteiger partial charge in [-0.15, -0.1) is 0 Å². The second kappa shape index (κ2) is 9.17. The van der Waals surface area contributed by atoms with E-state index in [4.69, 9.17) is 33.7 Å². The number of carboxylic acids is 1. The molecule has 6 nitrogen and oxygen atoms in total. The molecular formula is C18H17ClN2O4S. The molecule has 0 radical (unpaired) electrons. The van der Waals surface area contributed by atoms with Crippen LogP contribution in [-0.4, -0.2) is 28.7 Å². The van der Waals surface area contributed by atoms with Crippen LogP contribution in [0.15, 0.2) is 42.5 Å². The van der Waals surface area contributed by atoms with E-state index in [0.717, 1.165) is 6.42 Å². The van der Waals surface area contributed by atoms with Crippen molar-refractivity contribution in [2.45, 2.75) is 13.3 Å². The van der Waals surface area contributed by atoms with E-state index in [0.29, 0.717) is 23.6 Å². The van der Waals surface area contributed by atoms with Crippen molar-refractivity contribution < 1.29 is 19.4 Å². The lowest BCUT2D eigenvalue weighted by molar-refractivity contribution is 0.0697. The zero-order chi connectivity index (χ0) is 19.1. The third-order valence-electron chi connectivity index (χ3n) is 3.25. The normalized spacial score (nSPS) is 10.1. The van der Waals surface area contributed by atoms with Crippen LogP contribution in [0.2, 0.25) is 5.02 Å². The standard InChI is InChI=1S/C18H17ClN2O4S/c1-2-8-25-13-5-3-4-11(9-13)16(22)21-18(26)20-12-6-7-15(19)14(10-12)17(23)24/h3-7,9-10H,2,8H2,1H3,(H,23,24)(H2,20,21,22,26). The summed E-state index contributed by atoms with van der Waals surface area (Å²) in [6, 6.07) is 11.1. The summed E-state index contributed by atoms with van der Waals surface area (Å²) in [6.45, 7) is 2.56. The maximum atomic E-state index is 12.3. The molecule has 0 aliphatic rings. The first-order valence-electron chi connectivity index (χ1n) is 7.78. The van der Waals surface area contributed by atoms with Crippen LogP contribution in [0.5, 0.6) is 5.75 Å². The van der Waals surface area contributed by atoms with Crippen LogP contribution in [0.25, 0.3) is 0 Å². The molecule has 0 aromatic heterocycles. The number of benzene rings is 2. The predicted octanol–water partition coefficient (Wildman–Crippen LogP) is 3.95. The molecular weight excluding hydrogens is 376 g/mol. The first kappa shape index (κ1) is 19.7. The van der Waals surface area contributed by atoms with Crippen LogP contribution in [-0.2, 0) is 0 Å². The van der Waals surface area contributed by atoms with Gasteiger partial charge in [0, 0.05) is 11.3 Å². The minimum atomic E-state index is -1.16. The number of ether oxygens (including phenoxy) is 1. The van der Waals surface area contributed by atoms with Crippen molar-refractivity contribution >= 4 is 46.5 Å². The van der Waals surface area contributed by atoms with Crippen molar-refractivity contribution in [3.05, 3.63) is 58.6 Å². The Kier molecular flexibility index (Phi) is 6.94. The lowest BCUT2D eigenvalue weighted by Gasteiger charge is -2.11. The highest BCUT2D eigenvalue weighted by atomic mass is 35.5. The number of anilines is 1. The van der Waals surface area contributed by atoms with Gasteiger partial charge in [-0.3, -0.25) is 10.1 Å². The Bertz CT molecular complexity index is 842. The van der Waals surface area contributed by atoms with Crippen LogP contribution < -0.4 is 15.4 Å². The molecule has 0 heterocycles. The van der Waals surface area contributed by atoms with Gasteiger partial charge in [0.1, 0.15) is 5.75 Å². The third-order valence-corrected chi connectivity index (χ3v) is 3.78. The number of carbonyl (C=O) groups excluding carboxylic acids is 1. The van der Waals surface area contributed by atoms with Gasteiger partial charge in [0.2, 0.25) is 0 Å². The summed E-state index contributed by atoms with van der Waals surface area (Å²) in [7, 11) is 0. The highest BCUT2D eigenvalue weighted by Crippen LogP contribution is 2.20. The van der Waals surface area contributed by atoms with E-state index in [1.807, 2.05) is 6.92 Å². The zero-order valence-electron chi connectivity index (χ0n) is 13.9. The fourth-order valence-electron chi connectivity index (χ4n) is 2.05. The minimum absolute atomic E-state index is 0.0357. The summed E-state index contributed by atoms with van der Waals surface area (Å²) in [6.07, 6.45) is 0.865. The average molecular weight is 393 g/mol. The number of carboxylic acid groups (broad SMARTS) is 1. The average Bonchev–Trinajstić information content (AvgIpc) is 2.61. The highest BCUT2D eigenvalue weighted by molar-refractivity contribution is 7.80. The number of thiocarbonyl (C=S) groups is 1. The van der Waals surface area contributed by atoms with Gasteiger partial charge in [-0.25, -0.2) is 4.79 Å². The molecule has 0 spiro atoms. The maximum absolute atomic E-state index is 12.3. The van der Waals surface area contributed by atoms with Gasteiger partial charge in [-0.2, -0.15) is 0 Å². The van der Waals surface area contributed by atoms with Crippen LogP contribution in [0, 0.1) is 0 Å². The number of aromatic carboxylic acids is 1. The second-order valence-corrected chi connectivity index (χ2v) is 6.10. The number of rotatable bonds is 6. The summed E-state index contributed by atoms with van der Waals surface area (Å²) in [5.74, 6) is -0.962. The van der Waals surface area contributed by atoms with Gasteiger partial charge >= 0.3 is 5.97 Å². The van der Waals surface area contributed by atoms with E-state index in [9.17, 15) is 9.59 Å². The molecule has 2 aromatic carbocycles. The minimum Gasteiger partial charge on any atom is -0.494 e. The van der Waals surface area contributed by atoms with Crippen molar-refractivity contribution in [1.29, 1.82) is 0 Å². The smallest absolute Gasteiger partial charge is 0.337 e. The van der Waals surface area contributed by atoms with Crippen molar-refractivity contribution in [3.8, 4) is 5.75 Å². The summed E-state index contributed by atoms with van der Waals surface area (Å²) in [5.41, 5.74) is 0.730. The zero-order valence-corrected chi connectivity index (χ0v) is 15.5. The van der Waals surface area contributed by atoms with Crippen LogP contribution in [0.3, 0.4) is 0 Å². The summed E-state index contributed by atoms with van der Waals surface area (Å²) in [5, 5.41) is 14.5. The Morgan fingerprint density at radius 3 is 2.69 bits per heavy atom. The second-order valence-electron chi connectivity index (χ2n) is 5.28. The van der Waals surface area contributed by atoms with Crippen LogP contribution in [0.1, 0.15) is 34.1 Å². The number of halogens is 1. The first-order chi connectivity index (χ1) is 12.4. The molecule has 26 heavy (non-hydrogen) atoms. The Morgan fingerprint density at radius 2 is 2.00 bits per heavy atom. The summed E-state index contributed by atoms with van der Waals surface area (Å²) < 4.78 is 5.50. The summed E-state index contributed by atoms with van der Waals surface area (Å²) in [4.78, 5) is 23.4.